The van der Waals surface area contributed by atoms with E-state index in [0.29, 0.717) is 17.2 Å². The zero-order valence-electron chi connectivity index (χ0n) is 8.94. The van der Waals surface area contributed by atoms with Crippen LogP contribution in [0.2, 0.25) is 5.02 Å². The maximum atomic E-state index is 10.3. The predicted molar refractivity (Wildman–Crippen MR) is 63.9 cm³/mol. The van der Waals surface area contributed by atoms with Crippen molar-refractivity contribution in [3.63, 3.8) is 0 Å². The third-order valence-corrected chi connectivity index (χ3v) is 2.44. The highest BCUT2D eigenvalue weighted by atomic mass is 35.5. The van der Waals surface area contributed by atoms with Gasteiger partial charge in [-0.15, -0.1) is 0 Å². The van der Waals surface area contributed by atoms with Gasteiger partial charge in [0.25, 0.3) is 0 Å². The Morgan fingerprint density at radius 2 is 2.31 bits per heavy atom. The Morgan fingerprint density at radius 1 is 1.56 bits per heavy atom. The molecule has 0 atom stereocenters. The minimum absolute atomic E-state index is 0.123. The van der Waals surface area contributed by atoms with E-state index in [1.54, 1.807) is 25.3 Å². The van der Waals surface area contributed by atoms with Crippen LogP contribution in [0.1, 0.15) is 18.4 Å². The lowest BCUT2D eigenvalue weighted by Gasteiger charge is -2.04. The minimum atomic E-state index is -0.804. The summed E-state index contributed by atoms with van der Waals surface area (Å²) in [5, 5.41) is 9.01. The lowest BCUT2D eigenvalue weighted by molar-refractivity contribution is -0.136. The molecule has 0 amide bonds. The van der Waals surface area contributed by atoms with Crippen LogP contribution in [0.4, 0.5) is 0 Å². The van der Waals surface area contributed by atoms with Crippen molar-refractivity contribution in [2.75, 3.05) is 7.11 Å². The van der Waals surface area contributed by atoms with Crippen LogP contribution in [0.15, 0.2) is 24.3 Å². The van der Waals surface area contributed by atoms with Gasteiger partial charge in [-0.1, -0.05) is 35.9 Å². The molecule has 0 fully saturated rings. The van der Waals surface area contributed by atoms with Crippen LogP contribution in [-0.4, -0.2) is 18.2 Å². The second-order valence-corrected chi connectivity index (χ2v) is 3.58. The number of methoxy groups -OCH3 is 1. The van der Waals surface area contributed by atoms with Gasteiger partial charge in [-0.3, -0.25) is 4.79 Å². The molecule has 16 heavy (non-hydrogen) atoms. The van der Waals surface area contributed by atoms with Crippen LogP contribution < -0.4 is 4.74 Å². The number of carboxylic acid groups (broad SMARTS) is 1. The Kier molecular flexibility index (Phi) is 4.86. The molecular weight excluding hydrogens is 228 g/mol. The maximum absolute atomic E-state index is 10.3. The molecule has 0 saturated heterocycles. The molecule has 1 aromatic rings. The highest BCUT2D eigenvalue weighted by Crippen LogP contribution is 2.28. The maximum Gasteiger partial charge on any atom is 0.303 e. The highest BCUT2D eigenvalue weighted by Gasteiger charge is 2.02. The van der Waals surface area contributed by atoms with Crippen molar-refractivity contribution in [2.24, 2.45) is 0 Å². The van der Waals surface area contributed by atoms with E-state index in [1.807, 2.05) is 12.1 Å². The van der Waals surface area contributed by atoms with Crippen molar-refractivity contribution in [3.05, 3.63) is 34.9 Å². The standard InChI is InChI=1S/C12H13ClO3/c1-16-10-7-4-6-9(12(10)13)5-2-3-8-11(14)15/h2,4-7H,3,8H2,1H3,(H,14,15). The van der Waals surface area contributed by atoms with Crippen LogP contribution in [0.25, 0.3) is 6.08 Å². The Morgan fingerprint density at radius 3 is 2.94 bits per heavy atom. The van der Waals surface area contributed by atoms with Gasteiger partial charge in [-0.25, -0.2) is 0 Å². The van der Waals surface area contributed by atoms with Gasteiger partial charge in [0.15, 0.2) is 0 Å². The van der Waals surface area contributed by atoms with Gasteiger partial charge >= 0.3 is 5.97 Å². The van der Waals surface area contributed by atoms with Crippen LogP contribution in [0, 0.1) is 0 Å². The van der Waals surface area contributed by atoms with E-state index in [-0.39, 0.29) is 6.42 Å². The normalized spacial score (nSPS) is 10.6. The molecule has 3 nitrogen and oxygen atoms in total. The van der Waals surface area contributed by atoms with E-state index in [4.69, 9.17) is 21.4 Å². The molecule has 0 unspecified atom stereocenters. The van der Waals surface area contributed by atoms with Crippen molar-refractivity contribution >= 4 is 23.6 Å². The lowest BCUT2D eigenvalue weighted by atomic mass is 10.1. The summed E-state index contributed by atoms with van der Waals surface area (Å²) in [6, 6.07) is 5.46. The van der Waals surface area contributed by atoms with Gasteiger partial charge < -0.3 is 9.84 Å². The number of carboxylic acids is 1. The summed E-state index contributed by atoms with van der Waals surface area (Å²) in [6.45, 7) is 0. The van der Waals surface area contributed by atoms with E-state index >= 15 is 0 Å². The van der Waals surface area contributed by atoms with E-state index in [2.05, 4.69) is 0 Å². The molecule has 0 aliphatic carbocycles. The number of aliphatic carboxylic acids is 1. The first-order valence-electron chi connectivity index (χ1n) is 4.86. The molecule has 1 rings (SSSR count). The first-order valence-corrected chi connectivity index (χ1v) is 5.23. The molecule has 86 valence electrons. The summed E-state index contributed by atoms with van der Waals surface area (Å²) in [5.41, 5.74) is 0.825. The highest BCUT2D eigenvalue weighted by molar-refractivity contribution is 6.33. The smallest absolute Gasteiger partial charge is 0.303 e. The number of halogens is 1. The monoisotopic (exact) mass is 240 g/mol. The van der Waals surface area contributed by atoms with Crippen molar-refractivity contribution in [3.8, 4) is 5.75 Å². The van der Waals surface area contributed by atoms with Gasteiger partial charge in [0.2, 0.25) is 0 Å². The molecule has 0 saturated carbocycles. The Hall–Kier alpha value is -1.48. The van der Waals surface area contributed by atoms with Crippen molar-refractivity contribution < 1.29 is 14.6 Å². The minimum Gasteiger partial charge on any atom is -0.495 e. The summed E-state index contributed by atoms with van der Waals surface area (Å²) in [6.07, 6.45) is 4.20. The predicted octanol–water partition coefficient (Wildman–Crippen LogP) is 3.23. The molecule has 0 spiro atoms. The Labute approximate surface area is 99.3 Å². The first kappa shape index (κ1) is 12.6. The summed E-state index contributed by atoms with van der Waals surface area (Å²) >= 11 is 6.06. The number of allylic oxidation sites excluding steroid dienone is 1. The number of hydrogen-bond acceptors (Lipinski definition) is 2. The van der Waals surface area contributed by atoms with Crippen molar-refractivity contribution in [1.82, 2.24) is 0 Å². The molecular formula is C12H13ClO3. The fraction of sp³-hybridized carbons (Fsp3) is 0.250. The van der Waals surface area contributed by atoms with Crippen molar-refractivity contribution in [1.29, 1.82) is 0 Å². The van der Waals surface area contributed by atoms with Crippen LogP contribution >= 0.6 is 11.6 Å². The molecule has 0 bridgehead atoms. The molecule has 0 aliphatic rings. The fourth-order valence-electron chi connectivity index (χ4n) is 1.23. The average Bonchev–Trinajstić information content (AvgIpc) is 2.26. The van der Waals surface area contributed by atoms with E-state index in [9.17, 15) is 4.79 Å². The number of hydrogen-bond donors (Lipinski definition) is 1. The quantitative estimate of drug-likeness (QED) is 0.860. The molecule has 0 aromatic heterocycles. The first-order chi connectivity index (χ1) is 7.65. The second-order valence-electron chi connectivity index (χ2n) is 3.20. The topological polar surface area (TPSA) is 46.5 Å². The van der Waals surface area contributed by atoms with Crippen molar-refractivity contribution in [2.45, 2.75) is 12.8 Å². The Bertz CT molecular complexity index is 399. The summed E-state index contributed by atoms with van der Waals surface area (Å²) < 4.78 is 5.07. The van der Waals surface area contributed by atoms with Gasteiger partial charge in [-0.2, -0.15) is 0 Å². The third kappa shape index (κ3) is 3.59. The van der Waals surface area contributed by atoms with Crippen LogP contribution in [0.3, 0.4) is 0 Å². The van der Waals surface area contributed by atoms with E-state index < -0.39 is 5.97 Å². The molecule has 1 aromatic carbocycles. The zero-order valence-corrected chi connectivity index (χ0v) is 9.70. The largest absolute Gasteiger partial charge is 0.495 e. The number of rotatable bonds is 5. The molecule has 0 radical (unpaired) electrons. The van der Waals surface area contributed by atoms with Crippen LogP contribution in [-0.2, 0) is 4.79 Å². The average molecular weight is 241 g/mol. The Balaban J connectivity index is 2.70. The number of benzene rings is 1. The molecule has 4 heteroatoms. The molecule has 0 heterocycles. The molecule has 0 aliphatic heterocycles. The van der Waals surface area contributed by atoms with Gasteiger partial charge in [0.05, 0.1) is 12.1 Å². The summed E-state index contributed by atoms with van der Waals surface area (Å²) in [4.78, 5) is 10.3. The summed E-state index contributed by atoms with van der Waals surface area (Å²) in [7, 11) is 1.55. The number of carbonyl (C=O) groups is 1. The van der Waals surface area contributed by atoms with Gasteiger partial charge in [0.1, 0.15) is 5.75 Å². The van der Waals surface area contributed by atoms with E-state index in [1.165, 1.54) is 0 Å². The SMILES string of the molecule is COc1cccc(C=CCCC(=O)O)c1Cl. The number of ether oxygens (including phenoxy) is 1. The lowest BCUT2D eigenvalue weighted by Crippen LogP contribution is -1.91. The zero-order chi connectivity index (χ0) is 12.0. The third-order valence-electron chi connectivity index (χ3n) is 2.04. The molecule has 1 N–H and O–H groups in total. The van der Waals surface area contributed by atoms with Gasteiger partial charge in [-0.05, 0) is 18.1 Å². The van der Waals surface area contributed by atoms with Gasteiger partial charge in [0, 0.05) is 6.42 Å². The van der Waals surface area contributed by atoms with E-state index in [0.717, 1.165) is 5.56 Å². The van der Waals surface area contributed by atoms with Crippen LogP contribution in [0.5, 0.6) is 5.75 Å². The fourth-order valence-corrected chi connectivity index (χ4v) is 1.50. The summed E-state index contributed by atoms with van der Waals surface area (Å²) in [5.74, 6) is -0.191. The second kappa shape index (κ2) is 6.18.